The van der Waals surface area contributed by atoms with Gasteiger partial charge in [-0.15, -0.1) is 11.3 Å². The molecule has 1 unspecified atom stereocenters. The first kappa shape index (κ1) is 33.4. The molecule has 40 heavy (non-hydrogen) atoms. The lowest BCUT2D eigenvalue weighted by molar-refractivity contribution is -0.193. The number of aliphatic carboxylic acids is 2. The number of thiazole rings is 1. The van der Waals surface area contributed by atoms with Gasteiger partial charge in [-0.25, -0.2) is 14.6 Å². The molecule has 4 heterocycles. The number of piperidine rings is 1. The molecule has 2 saturated heterocycles. The van der Waals surface area contributed by atoms with E-state index in [0.29, 0.717) is 0 Å². The number of rotatable bonds is 4. The molecular weight excluding hydrogens is 570 g/mol. The van der Waals surface area contributed by atoms with E-state index in [4.69, 9.17) is 24.5 Å². The van der Waals surface area contributed by atoms with Crippen LogP contribution < -0.4 is 0 Å². The fraction of sp³-hybridized carbons (Fsp3) is 0.583. The van der Waals surface area contributed by atoms with Gasteiger partial charge in [-0.05, 0) is 38.4 Å². The largest absolute Gasteiger partial charge is 0.490 e. The minimum atomic E-state index is -5.08. The molecule has 2 fully saturated rings. The minimum Gasteiger partial charge on any atom is -0.475 e. The molecule has 0 saturated carbocycles. The van der Waals surface area contributed by atoms with Gasteiger partial charge in [-0.1, -0.05) is 6.07 Å². The summed E-state index contributed by atoms with van der Waals surface area (Å²) in [6, 6.07) is 6.18. The first-order valence-corrected chi connectivity index (χ1v) is 12.9. The van der Waals surface area contributed by atoms with Gasteiger partial charge in [0.1, 0.15) is 0 Å². The van der Waals surface area contributed by atoms with Crippen LogP contribution in [0.3, 0.4) is 0 Å². The number of likely N-dealkylation sites (tertiary alicyclic amines) is 1. The summed E-state index contributed by atoms with van der Waals surface area (Å²) < 4.78 is 69.5. The third kappa shape index (κ3) is 11.7. The van der Waals surface area contributed by atoms with E-state index in [2.05, 4.69) is 44.2 Å². The molecule has 2 aromatic heterocycles. The zero-order chi connectivity index (χ0) is 30.0. The molecule has 2 aliphatic rings. The number of pyridine rings is 1. The SMILES string of the molecule is Cc1nc(CN2CCCC3(COCCN(Cc4ccccn4)C3)C2)cs1.O=C(O)C(F)(F)F.O=C(O)C(F)(F)F. The van der Waals surface area contributed by atoms with E-state index >= 15 is 0 Å². The predicted octanol–water partition coefficient (Wildman–Crippen LogP) is 4.23. The van der Waals surface area contributed by atoms with Crippen LogP contribution in [0.2, 0.25) is 0 Å². The molecular formula is C24H30F6N4O5S. The van der Waals surface area contributed by atoms with Crippen LogP contribution in [0.5, 0.6) is 0 Å². The molecule has 1 spiro atoms. The van der Waals surface area contributed by atoms with Crippen molar-refractivity contribution in [3.8, 4) is 0 Å². The summed E-state index contributed by atoms with van der Waals surface area (Å²) >= 11 is 1.75. The molecule has 1 atom stereocenters. The van der Waals surface area contributed by atoms with Crippen molar-refractivity contribution in [3.63, 3.8) is 0 Å². The van der Waals surface area contributed by atoms with Crippen LogP contribution in [0, 0.1) is 12.3 Å². The Bertz CT molecular complexity index is 1060. The fourth-order valence-electron chi connectivity index (χ4n) is 4.34. The summed E-state index contributed by atoms with van der Waals surface area (Å²) in [4.78, 5) is 32.1. The van der Waals surface area contributed by atoms with E-state index in [0.717, 1.165) is 56.6 Å². The number of hydrogen-bond acceptors (Lipinski definition) is 8. The van der Waals surface area contributed by atoms with E-state index in [1.807, 2.05) is 12.3 Å². The summed E-state index contributed by atoms with van der Waals surface area (Å²) in [7, 11) is 0. The number of aromatic nitrogens is 2. The van der Waals surface area contributed by atoms with Crippen LogP contribution in [0.25, 0.3) is 0 Å². The van der Waals surface area contributed by atoms with E-state index in [1.165, 1.54) is 25.1 Å². The molecule has 9 nitrogen and oxygen atoms in total. The van der Waals surface area contributed by atoms with Crippen molar-refractivity contribution in [3.05, 3.63) is 46.2 Å². The molecule has 0 bridgehead atoms. The van der Waals surface area contributed by atoms with Crippen LogP contribution in [0.1, 0.15) is 29.2 Å². The molecule has 0 radical (unpaired) electrons. The molecule has 2 aliphatic heterocycles. The number of carboxylic acids is 2. The Morgan fingerprint density at radius 1 is 1.00 bits per heavy atom. The molecule has 224 valence electrons. The van der Waals surface area contributed by atoms with Crippen molar-refractivity contribution in [2.45, 2.75) is 45.2 Å². The van der Waals surface area contributed by atoms with Crippen molar-refractivity contribution in [2.75, 3.05) is 39.4 Å². The van der Waals surface area contributed by atoms with Crippen molar-refractivity contribution >= 4 is 23.3 Å². The van der Waals surface area contributed by atoms with Gasteiger partial charge >= 0.3 is 24.3 Å². The lowest BCUT2D eigenvalue weighted by Crippen LogP contribution is -2.50. The number of nitrogens with zero attached hydrogens (tertiary/aromatic N) is 4. The minimum absolute atomic E-state index is 0.231. The van der Waals surface area contributed by atoms with Crippen LogP contribution in [0.15, 0.2) is 29.8 Å². The molecule has 0 aromatic carbocycles. The normalized spacial score (nSPS) is 20.5. The Kier molecular flexibility index (Phi) is 12.3. The van der Waals surface area contributed by atoms with E-state index in [1.54, 1.807) is 11.3 Å². The second-order valence-corrected chi connectivity index (χ2v) is 10.4. The molecule has 0 amide bonds. The van der Waals surface area contributed by atoms with Gasteiger partial charge in [-0.2, -0.15) is 26.3 Å². The molecule has 2 N–H and O–H groups in total. The van der Waals surface area contributed by atoms with Gasteiger partial charge < -0.3 is 14.9 Å². The Balaban J connectivity index is 0.000000333. The zero-order valence-corrected chi connectivity index (χ0v) is 22.4. The van der Waals surface area contributed by atoms with Crippen LogP contribution in [-0.2, 0) is 27.4 Å². The Morgan fingerprint density at radius 3 is 2.08 bits per heavy atom. The highest BCUT2D eigenvalue weighted by Gasteiger charge is 2.40. The van der Waals surface area contributed by atoms with Crippen molar-refractivity contribution in [1.29, 1.82) is 0 Å². The molecule has 2 aromatic rings. The summed E-state index contributed by atoms with van der Waals surface area (Å²) in [5.41, 5.74) is 2.59. The monoisotopic (exact) mass is 600 g/mol. The average molecular weight is 601 g/mol. The number of carboxylic acid groups (broad SMARTS) is 2. The van der Waals surface area contributed by atoms with Crippen molar-refractivity contribution in [1.82, 2.24) is 19.8 Å². The maximum Gasteiger partial charge on any atom is 0.490 e. The van der Waals surface area contributed by atoms with Crippen LogP contribution >= 0.6 is 11.3 Å². The first-order valence-electron chi connectivity index (χ1n) is 12.0. The standard InChI is InChI=1S/C20H28N4OS.2C2HF3O2/c1-17-22-19(13-26-17)12-23-8-4-6-20(14-23)15-24(9-10-25-16-20)11-18-5-2-3-7-21-18;2*3-2(4,5)1(6)7/h2-3,5,7,13H,4,6,8-12,14-16H2,1H3;2*(H,6,7). The number of aryl methyl sites for hydroxylation is 1. The second-order valence-electron chi connectivity index (χ2n) is 9.36. The maximum atomic E-state index is 10.6. The number of carbonyl (C=O) groups is 2. The van der Waals surface area contributed by atoms with Gasteiger partial charge in [0, 0.05) is 49.7 Å². The summed E-state index contributed by atoms with van der Waals surface area (Å²) in [6.07, 6.45) is -5.79. The summed E-state index contributed by atoms with van der Waals surface area (Å²) in [6.45, 7) is 10.0. The van der Waals surface area contributed by atoms with Crippen molar-refractivity contribution < 1.29 is 50.9 Å². The van der Waals surface area contributed by atoms with E-state index in [-0.39, 0.29) is 5.41 Å². The zero-order valence-electron chi connectivity index (χ0n) is 21.5. The number of halogens is 6. The van der Waals surface area contributed by atoms with Gasteiger partial charge in [0.05, 0.1) is 29.6 Å². The van der Waals surface area contributed by atoms with Gasteiger partial charge in [0.2, 0.25) is 0 Å². The summed E-state index contributed by atoms with van der Waals surface area (Å²) in [5, 5.41) is 17.6. The lowest BCUT2D eigenvalue weighted by atomic mass is 9.80. The Morgan fingerprint density at radius 2 is 1.57 bits per heavy atom. The Labute approximate surface area is 230 Å². The molecule has 16 heteroatoms. The second kappa shape index (κ2) is 14.7. The average Bonchev–Trinajstić information content (AvgIpc) is 3.16. The van der Waals surface area contributed by atoms with E-state index in [9.17, 15) is 26.3 Å². The molecule has 0 aliphatic carbocycles. The van der Waals surface area contributed by atoms with Gasteiger partial charge in [-0.3, -0.25) is 14.8 Å². The molecule has 4 rings (SSSR count). The number of ether oxygens (including phenoxy) is 1. The highest BCUT2D eigenvalue weighted by molar-refractivity contribution is 7.09. The first-order chi connectivity index (χ1) is 18.6. The van der Waals surface area contributed by atoms with Crippen LogP contribution in [-0.4, -0.2) is 93.7 Å². The smallest absolute Gasteiger partial charge is 0.475 e. The predicted molar refractivity (Wildman–Crippen MR) is 132 cm³/mol. The third-order valence-corrected chi connectivity index (χ3v) is 6.73. The van der Waals surface area contributed by atoms with Crippen LogP contribution in [0.4, 0.5) is 26.3 Å². The van der Waals surface area contributed by atoms with Gasteiger partial charge in [0.15, 0.2) is 0 Å². The highest BCUT2D eigenvalue weighted by Crippen LogP contribution is 2.34. The maximum absolute atomic E-state index is 10.6. The third-order valence-electron chi connectivity index (χ3n) is 5.91. The summed E-state index contributed by atoms with van der Waals surface area (Å²) in [5.74, 6) is -5.51. The van der Waals surface area contributed by atoms with Gasteiger partial charge in [0.25, 0.3) is 0 Å². The lowest BCUT2D eigenvalue weighted by Gasteiger charge is -2.43. The highest BCUT2D eigenvalue weighted by atomic mass is 32.1. The fourth-order valence-corrected chi connectivity index (χ4v) is 4.94. The Hall–Kier alpha value is -2.82. The number of alkyl halides is 6. The topological polar surface area (TPSA) is 116 Å². The van der Waals surface area contributed by atoms with Crippen molar-refractivity contribution in [2.24, 2.45) is 5.41 Å². The number of hydrogen-bond donors (Lipinski definition) is 2. The van der Waals surface area contributed by atoms with E-state index < -0.39 is 24.3 Å². The quantitative estimate of drug-likeness (QED) is 0.498.